The van der Waals surface area contributed by atoms with E-state index in [1.807, 2.05) is 22.8 Å². The summed E-state index contributed by atoms with van der Waals surface area (Å²) in [4.78, 5) is 24.0. The number of hydrogen-bond donors (Lipinski definition) is 1. The summed E-state index contributed by atoms with van der Waals surface area (Å²) in [6.45, 7) is 2.42. The molecule has 1 atom stereocenters. The van der Waals surface area contributed by atoms with E-state index < -0.39 is 0 Å². The van der Waals surface area contributed by atoms with Crippen LogP contribution in [0.2, 0.25) is 0 Å². The maximum absolute atomic E-state index is 12.1. The zero-order valence-electron chi connectivity index (χ0n) is 12.5. The summed E-state index contributed by atoms with van der Waals surface area (Å²) < 4.78 is 7.22. The molecule has 3 rings (SSSR count). The van der Waals surface area contributed by atoms with E-state index in [-0.39, 0.29) is 17.9 Å². The highest BCUT2D eigenvalue weighted by atomic mass is 16.5. The first-order valence-electron chi connectivity index (χ1n) is 7.66. The Morgan fingerprint density at radius 1 is 1.32 bits per heavy atom. The predicted molar refractivity (Wildman–Crippen MR) is 84.8 cm³/mol. The average Bonchev–Trinajstić information content (AvgIpc) is 2.57. The molecule has 5 nitrogen and oxygen atoms in total. The van der Waals surface area contributed by atoms with Crippen molar-refractivity contribution in [2.24, 2.45) is 5.92 Å². The van der Waals surface area contributed by atoms with Crippen molar-refractivity contribution in [3.63, 3.8) is 0 Å². The first-order chi connectivity index (χ1) is 10.7. The van der Waals surface area contributed by atoms with Gasteiger partial charge in [0.05, 0.1) is 12.1 Å². The normalized spacial score (nSPS) is 18.3. The number of hydrogen-bond acceptors (Lipinski definition) is 3. The molecule has 0 spiro atoms. The van der Waals surface area contributed by atoms with E-state index in [1.165, 1.54) is 6.07 Å². The van der Waals surface area contributed by atoms with Crippen LogP contribution in [0.25, 0.3) is 10.9 Å². The molecule has 1 amide bonds. The van der Waals surface area contributed by atoms with Crippen molar-refractivity contribution in [2.75, 3.05) is 19.8 Å². The van der Waals surface area contributed by atoms with Gasteiger partial charge in [0.1, 0.15) is 6.54 Å². The number of carbonyl (C=O) groups is 1. The van der Waals surface area contributed by atoms with E-state index in [0.29, 0.717) is 17.8 Å². The molecule has 2 heterocycles. The van der Waals surface area contributed by atoms with Gasteiger partial charge in [-0.2, -0.15) is 0 Å². The van der Waals surface area contributed by atoms with Crippen LogP contribution in [-0.4, -0.2) is 30.2 Å². The number of nitrogens with zero attached hydrogens (tertiary/aromatic N) is 1. The number of aromatic nitrogens is 1. The third kappa shape index (κ3) is 3.36. The van der Waals surface area contributed by atoms with Gasteiger partial charge in [-0.3, -0.25) is 9.59 Å². The smallest absolute Gasteiger partial charge is 0.239 e. The number of para-hydroxylation sites is 1. The van der Waals surface area contributed by atoms with Crippen molar-refractivity contribution in [3.05, 3.63) is 46.8 Å². The van der Waals surface area contributed by atoms with Gasteiger partial charge in [0, 0.05) is 30.8 Å². The Bertz CT molecular complexity index is 717. The average molecular weight is 300 g/mol. The van der Waals surface area contributed by atoms with Gasteiger partial charge in [-0.15, -0.1) is 0 Å². The second-order valence-electron chi connectivity index (χ2n) is 5.71. The Morgan fingerprint density at radius 2 is 2.18 bits per heavy atom. The van der Waals surface area contributed by atoms with E-state index in [4.69, 9.17) is 4.74 Å². The molecule has 0 radical (unpaired) electrons. The number of pyridine rings is 1. The summed E-state index contributed by atoms with van der Waals surface area (Å²) in [5, 5.41) is 3.60. The van der Waals surface area contributed by atoms with Crippen molar-refractivity contribution in [3.8, 4) is 0 Å². The minimum Gasteiger partial charge on any atom is -0.381 e. The lowest BCUT2D eigenvalue weighted by molar-refractivity contribution is -0.122. The highest BCUT2D eigenvalue weighted by Crippen LogP contribution is 2.12. The molecule has 5 heteroatoms. The topological polar surface area (TPSA) is 60.3 Å². The van der Waals surface area contributed by atoms with E-state index >= 15 is 0 Å². The number of fused-ring (bicyclic) bond motifs is 1. The Morgan fingerprint density at radius 3 is 3.00 bits per heavy atom. The van der Waals surface area contributed by atoms with Crippen LogP contribution in [0.4, 0.5) is 0 Å². The van der Waals surface area contributed by atoms with Gasteiger partial charge in [0.25, 0.3) is 0 Å². The summed E-state index contributed by atoms with van der Waals surface area (Å²) in [6, 6.07) is 8.85. The molecule has 1 saturated heterocycles. The number of ether oxygens (including phenoxy) is 1. The van der Waals surface area contributed by atoms with Crippen LogP contribution in [0.15, 0.2) is 41.3 Å². The molecule has 2 aromatic rings. The fraction of sp³-hybridized carbons (Fsp3) is 0.412. The Kier molecular flexibility index (Phi) is 4.53. The Labute approximate surface area is 128 Å². The monoisotopic (exact) mass is 300 g/mol. The highest BCUT2D eigenvalue weighted by molar-refractivity contribution is 5.82. The van der Waals surface area contributed by atoms with E-state index in [9.17, 15) is 9.59 Å². The quantitative estimate of drug-likeness (QED) is 0.932. The van der Waals surface area contributed by atoms with Crippen molar-refractivity contribution in [2.45, 2.75) is 19.4 Å². The van der Waals surface area contributed by atoms with Gasteiger partial charge in [-0.25, -0.2) is 0 Å². The first kappa shape index (κ1) is 14.8. The van der Waals surface area contributed by atoms with E-state index in [2.05, 4.69) is 5.32 Å². The molecule has 0 bridgehead atoms. The fourth-order valence-electron chi connectivity index (χ4n) is 2.84. The van der Waals surface area contributed by atoms with Gasteiger partial charge in [0.15, 0.2) is 5.43 Å². The SMILES string of the molecule is O=C(Cn1ccc(=O)c2ccccc21)NCC1CCCOC1. The van der Waals surface area contributed by atoms with Crippen LogP contribution >= 0.6 is 0 Å². The summed E-state index contributed by atoms with van der Waals surface area (Å²) in [5.74, 6) is 0.364. The number of amides is 1. The molecule has 116 valence electrons. The van der Waals surface area contributed by atoms with Crippen molar-refractivity contribution < 1.29 is 9.53 Å². The molecular weight excluding hydrogens is 280 g/mol. The zero-order valence-corrected chi connectivity index (χ0v) is 12.5. The Hall–Kier alpha value is -2.14. The van der Waals surface area contributed by atoms with Crippen LogP contribution in [0.3, 0.4) is 0 Å². The van der Waals surface area contributed by atoms with Crippen LogP contribution in [0.1, 0.15) is 12.8 Å². The molecule has 1 aliphatic heterocycles. The van der Waals surface area contributed by atoms with E-state index in [1.54, 1.807) is 12.3 Å². The van der Waals surface area contributed by atoms with Crippen LogP contribution in [-0.2, 0) is 16.1 Å². The molecule has 1 N–H and O–H groups in total. The standard InChI is InChI=1S/C17H20N2O3/c20-16-7-8-19(15-6-2-1-5-14(15)16)11-17(21)18-10-13-4-3-9-22-12-13/h1-2,5-8,13H,3-4,9-12H2,(H,18,21). The van der Waals surface area contributed by atoms with Crippen molar-refractivity contribution in [1.82, 2.24) is 9.88 Å². The van der Waals surface area contributed by atoms with Gasteiger partial charge in [-0.1, -0.05) is 12.1 Å². The lowest BCUT2D eigenvalue weighted by atomic mass is 10.0. The lowest BCUT2D eigenvalue weighted by Gasteiger charge is -2.22. The third-order valence-corrected chi connectivity index (χ3v) is 4.04. The van der Waals surface area contributed by atoms with Crippen LogP contribution in [0.5, 0.6) is 0 Å². The molecule has 1 aromatic heterocycles. The maximum atomic E-state index is 12.1. The van der Waals surface area contributed by atoms with E-state index in [0.717, 1.165) is 31.6 Å². The molecule has 0 aliphatic carbocycles. The fourth-order valence-corrected chi connectivity index (χ4v) is 2.84. The van der Waals surface area contributed by atoms with Gasteiger partial charge < -0.3 is 14.6 Å². The first-order valence-corrected chi connectivity index (χ1v) is 7.66. The molecular formula is C17H20N2O3. The van der Waals surface area contributed by atoms with Crippen molar-refractivity contribution in [1.29, 1.82) is 0 Å². The second kappa shape index (κ2) is 6.75. The predicted octanol–water partition coefficient (Wildman–Crippen LogP) is 1.54. The number of carbonyl (C=O) groups excluding carboxylic acids is 1. The van der Waals surface area contributed by atoms with Gasteiger partial charge >= 0.3 is 0 Å². The molecule has 1 aromatic carbocycles. The Balaban J connectivity index is 1.66. The van der Waals surface area contributed by atoms with Crippen LogP contribution < -0.4 is 10.7 Å². The van der Waals surface area contributed by atoms with Crippen LogP contribution in [0, 0.1) is 5.92 Å². The minimum absolute atomic E-state index is 0.0217. The van der Waals surface area contributed by atoms with Gasteiger partial charge in [0.2, 0.25) is 5.91 Å². The summed E-state index contributed by atoms with van der Waals surface area (Å²) in [7, 11) is 0. The zero-order chi connectivity index (χ0) is 15.4. The third-order valence-electron chi connectivity index (χ3n) is 4.04. The number of rotatable bonds is 4. The molecule has 1 unspecified atom stereocenters. The molecule has 1 aliphatic rings. The number of benzene rings is 1. The molecule has 0 saturated carbocycles. The highest BCUT2D eigenvalue weighted by Gasteiger charge is 2.15. The largest absolute Gasteiger partial charge is 0.381 e. The molecule has 1 fully saturated rings. The number of nitrogens with one attached hydrogen (secondary N) is 1. The van der Waals surface area contributed by atoms with Crippen molar-refractivity contribution >= 4 is 16.8 Å². The summed E-state index contributed by atoms with van der Waals surface area (Å²) in [5.41, 5.74) is 0.762. The maximum Gasteiger partial charge on any atom is 0.239 e. The summed E-state index contributed by atoms with van der Waals surface area (Å²) >= 11 is 0. The molecule has 22 heavy (non-hydrogen) atoms. The minimum atomic E-state index is -0.0422. The summed E-state index contributed by atoms with van der Waals surface area (Å²) in [6.07, 6.45) is 3.83. The lowest BCUT2D eigenvalue weighted by Crippen LogP contribution is -2.35. The second-order valence-corrected chi connectivity index (χ2v) is 5.71. The van der Waals surface area contributed by atoms with Gasteiger partial charge in [-0.05, 0) is 30.9 Å².